The number of nitrogens with one attached hydrogen (secondary N) is 1. The molecule has 0 radical (unpaired) electrons. The third kappa shape index (κ3) is 5.73. The van der Waals surface area contributed by atoms with E-state index in [0.717, 1.165) is 63.5 Å². The molecule has 1 N–H and O–H groups in total. The minimum Gasteiger partial charge on any atom is -0.497 e. The molecule has 37 heavy (non-hydrogen) atoms. The van der Waals surface area contributed by atoms with E-state index in [1.165, 1.54) is 6.07 Å². The van der Waals surface area contributed by atoms with Gasteiger partial charge in [-0.2, -0.15) is 0 Å². The van der Waals surface area contributed by atoms with E-state index < -0.39 is 5.91 Å². The Morgan fingerprint density at radius 3 is 2.30 bits per heavy atom. The van der Waals surface area contributed by atoms with Crippen molar-refractivity contribution in [1.29, 1.82) is 0 Å². The molecule has 5 rings (SSSR count). The predicted octanol–water partition coefficient (Wildman–Crippen LogP) is 3.42. The summed E-state index contributed by atoms with van der Waals surface area (Å²) in [5.41, 5.74) is 2.63. The Bertz CT molecular complexity index is 1290. The van der Waals surface area contributed by atoms with Crippen LogP contribution in [0.15, 0.2) is 51.7 Å². The zero-order valence-electron chi connectivity index (χ0n) is 21.5. The van der Waals surface area contributed by atoms with E-state index in [-0.39, 0.29) is 11.2 Å². The molecule has 0 saturated carbocycles. The van der Waals surface area contributed by atoms with Crippen molar-refractivity contribution in [3.63, 3.8) is 0 Å². The lowest BCUT2D eigenvalue weighted by atomic mass is 10.1. The Morgan fingerprint density at radius 2 is 1.62 bits per heavy atom. The molecule has 2 fully saturated rings. The molecule has 2 aliphatic rings. The first kappa shape index (κ1) is 25.1. The normalized spacial score (nSPS) is 17.4. The Hall–Kier alpha value is -3.56. The highest BCUT2D eigenvalue weighted by Crippen LogP contribution is 2.32. The highest BCUT2D eigenvalue weighted by molar-refractivity contribution is 6.03. The number of hydrogen-bond donors (Lipinski definition) is 1. The molecule has 9 heteroatoms. The van der Waals surface area contributed by atoms with Crippen LogP contribution in [0.2, 0.25) is 0 Å². The predicted molar refractivity (Wildman–Crippen MR) is 145 cm³/mol. The molecule has 3 aromatic rings. The average molecular weight is 507 g/mol. The fraction of sp³-hybridized carbons (Fsp3) is 0.429. The van der Waals surface area contributed by atoms with Crippen molar-refractivity contribution in [2.24, 2.45) is 0 Å². The second-order valence-electron chi connectivity index (χ2n) is 9.60. The van der Waals surface area contributed by atoms with Crippen LogP contribution < -0.4 is 25.3 Å². The first-order valence-corrected chi connectivity index (χ1v) is 12.9. The zero-order valence-corrected chi connectivity index (χ0v) is 21.5. The molecule has 0 atom stereocenters. The van der Waals surface area contributed by atoms with Crippen molar-refractivity contribution in [2.45, 2.75) is 12.8 Å². The van der Waals surface area contributed by atoms with Gasteiger partial charge in [0.2, 0.25) is 0 Å². The van der Waals surface area contributed by atoms with E-state index in [1.807, 2.05) is 30.3 Å². The fourth-order valence-corrected chi connectivity index (χ4v) is 4.98. The number of benzene rings is 2. The fourth-order valence-electron chi connectivity index (χ4n) is 4.98. The maximum Gasteiger partial charge on any atom is 0.291 e. The Balaban J connectivity index is 1.42. The van der Waals surface area contributed by atoms with Gasteiger partial charge in [-0.25, -0.2) is 0 Å². The summed E-state index contributed by atoms with van der Waals surface area (Å²) < 4.78 is 17.0. The third-order valence-corrected chi connectivity index (χ3v) is 7.02. The molecule has 0 bridgehead atoms. The summed E-state index contributed by atoms with van der Waals surface area (Å²) in [5.74, 6) is 0.105. The van der Waals surface area contributed by atoms with Gasteiger partial charge in [0, 0.05) is 49.7 Å². The third-order valence-electron chi connectivity index (χ3n) is 7.02. The molecular formula is C28H34N4O5. The monoisotopic (exact) mass is 506 g/mol. The molecule has 2 aliphatic heterocycles. The molecule has 1 aromatic heterocycles. The molecule has 3 heterocycles. The van der Waals surface area contributed by atoms with Crippen LogP contribution in [0, 0.1) is 0 Å². The van der Waals surface area contributed by atoms with Crippen LogP contribution in [0.1, 0.15) is 23.4 Å². The number of methoxy groups -OCH3 is 1. The second-order valence-corrected chi connectivity index (χ2v) is 9.60. The summed E-state index contributed by atoms with van der Waals surface area (Å²) in [4.78, 5) is 33.0. The Labute approximate surface area is 216 Å². The number of hydrogen-bond acceptors (Lipinski definition) is 8. The molecule has 0 aliphatic carbocycles. The van der Waals surface area contributed by atoms with Crippen molar-refractivity contribution in [3.05, 3.63) is 58.4 Å². The van der Waals surface area contributed by atoms with Crippen molar-refractivity contribution < 1.29 is 18.7 Å². The molecule has 0 spiro atoms. The minimum absolute atomic E-state index is 0.0204. The van der Waals surface area contributed by atoms with E-state index in [0.29, 0.717) is 35.6 Å². The van der Waals surface area contributed by atoms with Crippen LogP contribution in [0.3, 0.4) is 0 Å². The summed E-state index contributed by atoms with van der Waals surface area (Å²) in [7, 11) is 3.72. The van der Waals surface area contributed by atoms with Gasteiger partial charge in [-0.1, -0.05) is 0 Å². The Morgan fingerprint density at radius 1 is 0.919 bits per heavy atom. The first-order valence-electron chi connectivity index (χ1n) is 12.9. The average Bonchev–Trinajstić information content (AvgIpc) is 2.91. The number of ether oxygens (including phenoxy) is 2. The second kappa shape index (κ2) is 11.2. The van der Waals surface area contributed by atoms with Crippen molar-refractivity contribution in [1.82, 2.24) is 4.90 Å². The van der Waals surface area contributed by atoms with Gasteiger partial charge in [-0.05, 0) is 63.3 Å². The number of anilines is 3. The number of carbonyl (C=O) groups excluding carboxylic acids is 1. The highest BCUT2D eigenvalue weighted by Gasteiger charge is 2.21. The van der Waals surface area contributed by atoms with Crippen LogP contribution in [-0.4, -0.2) is 77.4 Å². The maximum absolute atomic E-state index is 13.1. The van der Waals surface area contributed by atoms with Crippen molar-refractivity contribution in [2.75, 3.05) is 81.8 Å². The SMILES string of the molecule is COc1cc(N2CCCN(C)CCC2)c2oc(C(=O)Nc3ccc(N4CCOCC4)cc3)cc(=O)c2c1. The Kier molecular flexibility index (Phi) is 7.62. The van der Waals surface area contributed by atoms with E-state index in [2.05, 4.69) is 27.1 Å². The lowest BCUT2D eigenvalue weighted by Crippen LogP contribution is -2.36. The molecule has 1 amide bonds. The van der Waals surface area contributed by atoms with E-state index in [1.54, 1.807) is 13.2 Å². The summed E-state index contributed by atoms with van der Waals surface area (Å²) >= 11 is 0. The number of rotatable bonds is 5. The van der Waals surface area contributed by atoms with Crippen LogP contribution >= 0.6 is 0 Å². The minimum atomic E-state index is -0.464. The van der Waals surface area contributed by atoms with Gasteiger partial charge in [0.1, 0.15) is 5.75 Å². The van der Waals surface area contributed by atoms with Gasteiger partial charge in [0.15, 0.2) is 16.8 Å². The quantitative estimate of drug-likeness (QED) is 0.563. The topological polar surface area (TPSA) is 87.5 Å². The zero-order chi connectivity index (χ0) is 25.8. The summed E-state index contributed by atoms with van der Waals surface area (Å²) in [5, 5.41) is 3.27. The van der Waals surface area contributed by atoms with E-state index >= 15 is 0 Å². The lowest BCUT2D eigenvalue weighted by molar-refractivity contribution is 0.0997. The van der Waals surface area contributed by atoms with Crippen molar-refractivity contribution >= 4 is 33.9 Å². The van der Waals surface area contributed by atoms with Crippen molar-refractivity contribution in [3.8, 4) is 5.75 Å². The van der Waals surface area contributed by atoms with E-state index in [9.17, 15) is 9.59 Å². The molecule has 2 saturated heterocycles. The molecule has 9 nitrogen and oxygen atoms in total. The molecule has 2 aromatic carbocycles. The van der Waals surface area contributed by atoms with Gasteiger partial charge < -0.3 is 33.9 Å². The van der Waals surface area contributed by atoms with Gasteiger partial charge in [0.25, 0.3) is 5.91 Å². The number of morpholine rings is 1. The number of nitrogens with zero attached hydrogens (tertiary/aromatic N) is 3. The number of fused-ring (bicyclic) bond motifs is 1. The highest BCUT2D eigenvalue weighted by atomic mass is 16.5. The summed E-state index contributed by atoms with van der Waals surface area (Å²) in [6.07, 6.45) is 1.97. The lowest BCUT2D eigenvalue weighted by Gasteiger charge is -2.30. The summed E-state index contributed by atoms with van der Waals surface area (Å²) in [6, 6.07) is 12.5. The molecular weight excluding hydrogens is 472 g/mol. The van der Waals surface area contributed by atoms with Gasteiger partial charge >= 0.3 is 0 Å². The maximum atomic E-state index is 13.1. The summed E-state index contributed by atoms with van der Waals surface area (Å²) in [6.45, 7) is 6.75. The first-order chi connectivity index (χ1) is 18.0. The smallest absolute Gasteiger partial charge is 0.291 e. The van der Waals surface area contributed by atoms with Crippen LogP contribution in [-0.2, 0) is 4.74 Å². The van der Waals surface area contributed by atoms with Crippen LogP contribution in [0.5, 0.6) is 5.75 Å². The molecule has 196 valence electrons. The number of amides is 1. The largest absolute Gasteiger partial charge is 0.497 e. The number of carbonyl (C=O) groups is 1. The van der Waals surface area contributed by atoms with Gasteiger partial charge in [0.05, 0.1) is 31.4 Å². The van der Waals surface area contributed by atoms with E-state index in [4.69, 9.17) is 13.9 Å². The van der Waals surface area contributed by atoms with Crippen LogP contribution in [0.4, 0.5) is 17.1 Å². The molecule has 0 unspecified atom stereocenters. The van der Waals surface area contributed by atoms with Gasteiger partial charge in [-0.15, -0.1) is 0 Å². The standard InChI is InChI=1S/C28H34N4O5/c1-30-9-3-11-32(12-4-10-30)24-18-22(35-2)17-23-25(33)19-26(37-27(23)24)28(34)29-20-5-7-21(8-6-20)31-13-15-36-16-14-31/h5-8,17-19H,3-4,9-16H2,1-2H3,(H,29,34). The van der Waals surface area contributed by atoms with Gasteiger partial charge in [-0.3, -0.25) is 9.59 Å². The van der Waals surface area contributed by atoms with Crippen LogP contribution in [0.25, 0.3) is 11.0 Å².